The minimum absolute atomic E-state index is 1.10. The molecule has 0 N–H and O–H groups in total. The van der Waals surface area contributed by atoms with Crippen molar-refractivity contribution in [1.29, 1.82) is 0 Å². The molecule has 0 bridgehead atoms. The van der Waals surface area contributed by atoms with Gasteiger partial charge < -0.3 is 0 Å². The smallest absolute Gasteiger partial charge is 0.0355 e. The van der Waals surface area contributed by atoms with Crippen LogP contribution in [0.15, 0.2) is 0 Å². The molecule has 2 rings (SSSR count). The van der Waals surface area contributed by atoms with Crippen LogP contribution in [0.4, 0.5) is 0 Å². The summed E-state index contributed by atoms with van der Waals surface area (Å²) in [5.74, 6) is 4.52. The van der Waals surface area contributed by atoms with E-state index in [1.54, 1.807) is 25.7 Å². The molecule has 0 radical (unpaired) electrons. The van der Waals surface area contributed by atoms with Crippen molar-refractivity contribution in [2.75, 3.05) is 0 Å². The van der Waals surface area contributed by atoms with Crippen LogP contribution in [0.2, 0.25) is 0 Å². The maximum absolute atomic E-state index is 2.39. The van der Waals surface area contributed by atoms with Gasteiger partial charge in [0.15, 0.2) is 0 Å². The van der Waals surface area contributed by atoms with Crippen LogP contribution < -0.4 is 0 Å². The van der Waals surface area contributed by atoms with Gasteiger partial charge in [0.25, 0.3) is 0 Å². The molecule has 0 amide bonds. The minimum Gasteiger partial charge on any atom is -0.0654 e. The van der Waals surface area contributed by atoms with E-state index in [0.29, 0.717) is 0 Å². The molecule has 0 nitrogen and oxygen atoms in total. The van der Waals surface area contributed by atoms with Crippen LogP contribution >= 0.6 is 0 Å². The molecule has 0 aromatic carbocycles. The highest BCUT2D eigenvalue weighted by Gasteiger charge is 2.43. The van der Waals surface area contributed by atoms with Crippen LogP contribution in [0.1, 0.15) is 58.8 Å². The predicted molar refractivity (Wildman–Crippen MR) is 57.6 cm³/mol. The molecule has 0 aromatic heterocycles. The van der Waals surface area contributed by atoms with Gasteiger partial charge in [0, 0.05) is 0 Å². The number of fused-ring (bicyclic) bond motifs is 1. The fourth-order valence-electron chi connectivity index (χ4n) is 3.81. The van der Waals surface area contributed by atoms with Crippen molar-refractivity contribution < 1.29 is 0 Å². The lowest BCUT2D eigenvalue weighted by Gasteiger charge is -2.50. The number of hydrogen-bond donors (Lipinski definition) is 0. The summed E-state index contributed by atoms with van der Waals surface area (Å²) in [6.07, 6.45) is 10.6. The first-order valence-electron chi connectivity index (χ1n) is 6.36. The van der Waals surface area contributed by atoms with Crippen molar-refractivity contribution in [3.05, 3.63) is 0 Å². The van der Waals surface area contributed by atoms with Crippen LogP contribution in [0.25, 0.3) is 0 Å². The summed E-state index contributed by atoms with van der Waals surface area (Å²) < 4.78 is 0. The molecular weight excluding hydrogens is 156 g/mol. The van der Waals surface area contributed by atoms with Crippen LogP contribution in [-0.4, -0.2) is 0 Å². The number of hydrogen-bond acceptors (Lipinski definition) is 0. The molecule has 2 fully saturated rings. The lowest BCUT2D eigenvalue weighted by atomic mass is 9.55. The molecule has 0 heterocycles. The molecule has 2 saturated carbocycles. The number of rotatable bonds is 3. The first-order valence-corrected chi connectivity index (χ1v) is 6.36. The zero-order valence-corrected chi connectivity index (χ0v) is 9.26. The summed E-state index contributed by atoms with van der Waals surface area (Å²) in [5, 5.41) is 0. The standard InChI is InChI=1S/C13H24/c1-3-5-11-7-6-10(4-2)12-8-9-13(11)12/h10-13H,3-9H2,1-2H3. The van der Waals surface area contributed by atoms with Crippen molar-refractivity contribution in [3.8, 4) is 0 Å². The molecule has 0 saturated heterocycles. The van der Waals surface area contributed by atoms with Gasteiger partial charge in [-0.15, -0.1) is 0 Å². The molecule has 0 aliphatic heterocycles. The fourth-order valence-corrected chi connectivity index (χ4v) is 3.81. The van der Waals surface area contributed by atoms with E-state index in [9.17, 15) is 0 Å². The van der Waals surface area contributed by atoms with Crippen LogP contribution in [0.3, 0.4) is 0 Å². The SMILES string of the molecule is CCCC1CCC(CC)C2CCC12. The summed E-state index contributed by atoms with van der Waals surface area (Å²) in [7, 11) is 0. The first-order chi connectivity index (χ1) is 6.36. The highest BCUT2D eigenvalue weighted by atomic mass is 14.5. The average Bonchev–Trinajstić information content (AvgIpc) is 2.08. The summed E-state index contributed by atoms with van der Waals surface area (Å²) in [5.41, 5.74) is 0. The van der Waals surface area contributed by atoms with Crippen LogP contribution in [0.5, 0.6) is 0 Å². The topological polar surface area (TPSA) is 0 Å². The molecule has 76 valence electrons. The Balaban J connectivity index is 1.91. The Hall–Kier alpha value is 0. The molecular formula is C13H24. The first kappa shape index (κ1) is 9.55. The second-order valence-corrected chi connectivity index (χ2v) is 5.20. The van der Waals surface area contributed by atoms with Gasteiger partial charge in [-0.1, -0.05) is 33.1 Å². The minimum atomic E-state index is 1.10. The predicted octanol–water partition coefficient (Wildman–Crippen LogP) is 4.25. The Labute approximate surface area is 83.1 Å². The summed E-state index contributed by atoms with van der Waals surface area (Å²) in [4.78, 5) is 0. The third-order valence-corrected chi connectivity index (χ3v) is 4.69. The van der Waals surface area contributed by atoms with E-state index in [0.717, 1.165) is 23.7 Å². The monoisotopic (exact) mass is 180 g/mol. The molecule has 0 heteroatoms. The molecule has 0 spiro atoms. The summed E-state index contributed by atoms with van der Waals surface area (Å²) >= 11 is 0. The second kappa shape index (κ2) is 4.02. The Morgan fingerprint density at radius 1 is 0.846 bits per heavy atom. The van der Waals surface area contributed by atoms with E-state index in [1.165, 1.54) is 19.3 Å². The maximum Gasteiger partial charge on any atom is -0.0355 e. The van der Waals surface area contributed by atoms with Gasteiger partial charge in [-0.25, -0.2) is 0 Å². The van der Waals surface area contributed by atoms with Crippen LogP contribution in [-0.2, 0) is 0 Å². The highest BCUT2D eigenvalue weighted by Crippen LogP contribution is 2.53. The summed E-state index contributed by atoms with van der Waals surface area (Å²) in [6, 6.07) is 0. The van der Waals surface area contributed by atoms with E-state index in [2.05, 4.69) is 13.8 Å². The van der Waals surface area contributed by atoms with E-state index in [1.807, 2.05) is 0 Å². The van der Waals surface area contributed by atoms with E-state index < -0.39 is 0 Å². The molecule has 2 aliphatic carbocycles. The molecule has 13 heavy (non-hydrogen) atoms. The van der Waals surface area contributed by atoms with Gasteiger partial charge in [-0.2, -0.15) is 0 Å². The van der Waals surface area contributed by atoms with Gasteiger partial charge in [0.1, 0.15) is 0 Å². The molecule has 2 aliphatic rings. The van der Waals surface area contributed by atoms with Crippen molar-refractivity contribution in [1.82, 2.24) is 0 Å². The highest BCUT2D eigenvalue weighted by molar-refractivity contribution is 4.93. The zero-order chi connectivity index (χ0) is 9.26. The van der Waals surface area contributed by atoms with Gasteiger partial charge in [0.2, 0.25) is 0 Å². The lowest BCUT2D eigenvalue weighted by Crippen LogP contribution is -2.41. The van der Waals surface area contributed by atoms with Gasteiger partial charge in [0.05, 0.1) is 0 Å². The van der Waals surface area contributed by atoms with E-state index in [-0.39, 0.29) is 0 Å². The third kappa shape index (κ3) is 1.65. The quantitative estimate of drug-likeness (QED) is 0.609. The van der Waals surface area contributed by atoms with Gasteiger partial charge >= 0.3 is 0 Å². The van der Waals surface area contributed by atoms with Crippen molar-refractivity contribution in [3.63, 3.8) is 0 Å². The van der Waals surface area contributed by atoms with Crippen molar-refractivity contribution >= 4 is 0 Å². The van der Waals surface area contributed by atoms with Crippen molar-refractivity contribution in [2.45, 2.75) is 58.8 Å². The normalized spacial score (nSPS) is 43.8. The van der Waals surface area contributed by atoms with E-state index >= 15 is 0 Å². The molecule has 4 atom stereocenters. The Morgan fingerprint density at radius 2 is 1.46 bits per heavy atom. The Morgan fingerprint density at radius 3 is 2.00 bits per heavy atom. The molecule has 4 unspecified atom stereocenters. The Kier molecular flexibility index (Phi) is 2.96. The van der Waals surface area contributed by atoms with E-state index in [4.69, 9.17) is 0 Å². The third-order valence-electron chi connectivity index (χ3n) is 4.69. The largest absolute Gasteiger partial charge is 0.0654 e. The van der Waals surface area contributed by atoms with Crippen LogP contribution in [0, 0.1) is 23.7 Å². The average molecular weight is 180 g/mol. The maximum atomic E-state index is 2.39. The van der Waals surface area contributed by atoms with Crippen molar-refractivity contribution in [2.24, 2.45) is 23.7 Å². The second-order valence-electron chi connectivity index (χ2n) is 5.20. The fraction of sp³-hybridized carbons (Fsp3) is 1.00. The zero-order valence-electron chi connectivity index (χ0n) is 9.26. The Bertz CT molecular complexity index is 159. The van der Waals surface area contributed by atoms with Gasteiger partial charge in [-0.05, 0) is 49.4 Å². The summed E-state index contributed by atoms with van der Waals surface area (Å²) in [6.45, 7) is 4.74. The lowest BCUT2D eigenvalue weighted by molar-refractivity contribution is -0.00320. The molecule has 0 aromatic rings. The van der Waals surface area contributed by atoms with Gasteiger partial charge in [-0.3, -0.25) is 0 Å².